The average molecular weight is 301 g/mol. The minimum atomic E-state index is -0.145. The maximum absolute atomic E-state index is 12.6. The van der Waals surface area contributed by atoms with Crippen LogP contribution in [0.15, 0.2) is 53.3 Å². The number of hydrogen-bond acceptors (Lipinski definition) is 4. The summed E-state index contributed by atoms with van der Waals surface area (Å²) in [6.45, 7) is 0.344. The molecule has 3 N–H and O–H groups in total. The zero-order valence-corrected chi connectivity index (χ0v) is 11.8. The average Bonchev–Trinajstić information content (AvgIpc) is 2.50. The number of aromatic nitrogens is 2. The molecule has 0 aliphatic rings. The van der Waals surface area contributed by atoms with E-state index in [2.05, 4.69) is 10.4 Å². The zero-order chi connectivity index (χ0) is 14.8. The lowest BCUT2D eigenvalue weighted by atomic mass is 10.2. The molecule has 1 aromatic heterocycles. The van der Waals surface area contributed by atoms with Crippen LogP contribution in [0.2, 0.25) is 5.02 Å². The standard InChI is InChI=1S/C15H13ClN4O/c16-11-5-3-4-10(8-11)9-20-14(21)12-6-1-2-7-13(12)18-15(20)19-17/h1-8H,9,17H2,(H,18,19). The predicted octanol–water partition coefficient (Wildman–Crippen LogP) is 2.38. The van der Waals surface area contributed by atoms with E-state index in [1.165, 1.54) is 4.57 Å². The third-order valence-corrected chi connectivity index (χ3v) is 3.46. The van der Waals surface area contributed by atoms with Gasteiger partial charge in [-0.2, -0.15) is 0 Å². The van der Waals surface area contributed by atoms with Crippen molar-refractivity contribution in [1.82, 2.24) is 9.55 Å². The molecule has 0 radical (unpaired) electrons. The third kappa shape index (κ3) is 2.61. The maximum atomic E-state index is 12.6. The summed E-state index contributed by atoms with van der Waals surface area (Å²) in [5.74, 6) is 5.81. The highest BCUT2D eigenvalue weighted by Crippen LogP contribution is 2.15. The van der Waals surface area contributed by atoms with Crippen molar-refractivity contribution in [2.45, 2.75) is 6.54 Å². The minimum absolute atomic E-state index is 0.145. The third-order valence-electron chi connectivity index (χ3n) is 3.22. The largest absolute Gasteiger partial charge is 0.294 e. The van der Waals surface area contributed by atoms with Crippen molar-refractivity contribution in [3.8, 4) is 0 Å². The summed E-state index contributed by atoms with van der Waals surface area (Å²) in [6, 6.07) is 14.5. The molecule has 0 spiro atoms. The number of hydrazine groups is 1. The molecule has 2 aromatic carbocycles. The van der Waals surface area contributed by atoms with Crippen molar-refractivity contribution in [2.24, 2.45) is 5.84 Å². The molecule has 0 aliphatic heterocycles. The molecule has 0 bridgehead atoms. The number of anilines is 1. The number of halogens is 1. The lowest BCUT2D eigenvalue weighted by molar-refractivity contribution is 0.754. The van der Waals surface area contributed by atoms with Gasteiger partial charge in [0.2, 0.25) is 5.95 Å². The minimum Gasteiger partial charge on any atom is -0.294 e. The van der Waals surface area contributed by atoms with Crippen LogP contribution in [0.3, 0.4) is 0 Å². The summed E-state index contributed by atoms with van der Waals surface area (Å²) >= 11 is 5.98. The number of rotatable bonds is 3. The summed E-state index contributed by atoms with van der Waals surface area (Å²) < 4.78 is 1.49. The Hall–Kier alpha value is -2.37. The molecule has 0 amide bonds. The first-order valence-corrected chi connectivity index (χ1v) is 6.77. The van der Waals surface area contributed by atoms with Gasteiger partial charge < -0.3 is 0 Å². The first kappa shape index (κ1) is 13.6. The highest BCUT2D eigenvalue weighted by Gasteiger charge is 2.10. The van der Waals surface area contributed by atoms with Gasteiger partial charge in [-0.25, -0.2) is 10.8 Å². The van der Waals surface area contributed by atoms with E-state index in [4.69, 9.17) is 17.4 Å². The molecule has 3 aromatic rings. The lowest BCUT2D eigenvalue weighted by Gasteiger charge is -2.12. The van der Waals surface area contributed by atoms with Crippen LogP contribution in [0.25, 0.3) is 10.9 Å². The highest BCUT2D eigenvalue weighted by atomic mass is 35.5. The van der Waals surface area contributed by atoms with Gasteiger partial charge in [0.1, 0.15) is 0 Å². The fraction of sp³-hybridized carbons (Fsp3) is 0.0667. The van der Waals surface area contributed by atoms with Crippen LogP contribution in [-0.2, 0) is 6.54 Å². The van der Waals surface area contributed by atoms with Crippen molar-refractivity contribution in [1.29, 1.82) is 0 Å². The Morgan fingerprint density at radius 2 is 2.00 bits per heavy atom. The van der Waals surface area contributed by atoms with Gasteiger partial charge in [0.05, 0.1) is 17.4 Å². The first-order chi connectivity index (χ1) is 10.2. The molecule has 5 nitrogen and oxygen atoms in total. The molecule has 106 valence electrons. The van der Waals surface area contributed by atoms with Crippen molar-refractivity contribution < 1.29 is 0 Å². The second-order valence-corrected chi connectivity index (χ2v) is 5.05. The molecule has 6 heteroatoms. The molecule has 0 saturated heterocycles. The van der Waals surface area contributed by atoms with E-state index in [1.807, 2.05) is 30.3 Å². The van der Waals surface area contributed by atoms with Crippen molar-refractivity contribution in [3.63, 3.8) is 0 Å². The van der Waals surface area contributed by atoms with Crippen LogP contribution < -0.4 is 16.8 Å². The fourth-order valence-corrected chi connectivity index (χ4v) is 2.46. The number of nitrogens with zero attached hydrogens (tertiary/aromatic N) is 2. The van der Waals surface area contributed by atoms with E-state index < -0.39 is 0 Å². The number of nitrogens with two attached hydrogens (primary N) is 1. The molecule has 0 aliphatic carbocycles. The Kier molecular flexibility index (Phi) is 3.60. The SMILES string of the molecule is NNc1nc2ccccc2c(=O)n1Cc1cccc(Cl)c1. The van der Waals surface area contributed by atoms with Crippen molar-refractivity contribution in [2.75, 3.05) is 5.43 Å². The lowest BCUT2D eigenvalue weighted by Crippen LogP contribution is -2.27. The summed E-state index contributed by atoms with van der Waals surface area (Å²) in [6.07, 6.45) is 0. The molecule has 0 atom stereocenters. The van der Waals surface area contributed by atoms with Gasteiger partial charge in [0.25, 0.3) is 5.56 Å². The normalized spacial score (nSPS) is 10.8. The van der Waals surface area contributed by atoms with Crippen molar-refractivity contribution >= 4 is 28.5 Å². The van der Waals surface area contributed by atoms with Gasteiger partial charge in [-0.15, -0.1) is 0 Å². The summed E-state index contributed by atoms with van der Waals surface area (Å²) in [4.78, 5) is 17.0. The number of nitrogens with one attached hydrogen (secondary N) is 1. The molecule has 1 heterocycles. The summed E-state index contributed by atoms with van der Waals surface area (Å²) in [5.41, 5.74) is 3.85. The van der Waals surface area contributed by atoms with Crippen LogP contribution in [0.1, 0.15) is 5.56 Å². The van der Waals surface area contributed by atoms with E-state index in [0.717, 1.165) is 5.56 Å². The van der Waals surface area contributed by atoms with Gasteiger partial charge in [-0.1, -0.05) is 35.9 Å². The van der Waals surface area contributed by atoms with Gasteiger partial charge in [-0.3, -0.25) is 14.8 Å². The van der Waals surface area contributed by atoms with Crippen LogP contribution >= 0.6 is 11.6 Å². The molecular formula is C15H13ClN4O. The highest BCUT2D eigenvalue weighted by molar-refractivity contribution is 6.30. The Bertz CT molecular complexity index is 860. The van der Waals surface area contributed by atoms with E-state index in [9.17, 15) is 4.79 Å². The first-order valence-electron chi connectivity index (χ1n) is 6.39. The van der Waals surface area contributed by atoms with Crippen LogP contribution in [0.4, 0.5) is 5.95 Å². The topological polar surface area (TPSA) is 72.9 Å². The van der Waals surface area contributed by atoms with E-state index in [-0.39, 0.29) is 5.56 Å². The van der Waals surface area contributed by atoms with Crippen LogP contribution in [-0.4, -0.2) is 9.55 Å². The number of fused-ring (bicyclic) bond motifs is 1. The number of nitrogen functional groups attached to an aromatic ring is 1. The monoisotopic (exact) mass is 300 g/mol. The molecular weight excluding hydrogens is 288 g/mol. The quantitative estimate of drug-likeness (QED) is 0.575. The summed E-state index contributed by atoms with van der Waals surface area (Å²) in [7, 11) is 0. The fourth-order valence-electron chi connectivity index (χ4n) is 2.24. The second kappa shape index (κ2) is 5.55. The zero-order valence-electron chi connectivity index (χ0n) is 11.1. The predicted molar refractivity (Wildman–Crippen MR) is 84.4 cm³/mol. The Balaban J connectivity index is 2.17. The van der Waals surface area contributed by atoms with E-state index in [0.29, 0.717) is 28.4 Å². The molecule has 0 fully saturated rings. The Morgan fingerprint density at radius 3 is 2.76 bits per heavy atom. The Morgan fingerprint density at radius 1 is 1.19 bits per heavy atom. The van der Waals surface area contributed by atoms with Gasteiger partial charge in [-0.05, 0) is 29.8 Å². The second-order valence-electron chi connectivity index (χ2n) is 4.62. The number of benzene rings is 2. The summed E-state index contributed by atoms with van der Waals surface area (Å²) in [5, 5.41) is 1.18. The van der Waals surface area contributed by atoms with Crippen LogP contribution in [0, 0.1) is 0 Å². The van der Waals surface area contributed by atoms with Crippen molar-refractivity contribution in [3.05, 3.63) is 69.5 Å². The number of para-hydroxylation sites is 1. The molecule has 21 heavy (non-hydrogen) atoms. The Labute approximate surface area is 126 Å². The van der Waals surface area contributed by atoms with E-state index >= 15 is 0 Å². The molecule has 3 rings (SSSR count). The van der Waals surface area contributed by atoms with Gasteiger partial charge in [0.15, 0.2) is 0 Å². The van der Waals surface area contributed by atoms with Gasteiger partial charge >= 0.3 is 0 Å². The van der Waals surface area contributed by atoms with Crippen LogP contribution in [0.5, 0.6) is 0 Å². The van der Waals surface area contributed by atoms with Gasteiger partial charge in [0, 0.05) is 5.02 Å². The smallest absolute Gasteiger partial charge is 0.263 e. The van der Waals surface area contributed by atoms with E-state index in [1.54, 1.807) is 18.2 Å². The molecule has 0 saturated carbocycles. The maximum Gasteiger partial charge on any atom is 0.263 e. The molecule has 0 unspecified atom stereocenters. The number of hydrogen-bond donors (Lipinski definition) is 2.